The van der Waals surface area contributed by atoms with Gasteiger partial charge in [0.2, 0.25) is 17.5 Å². The number of piperidine rings is 1. The van der Waals surface area contributed by atoms with Crippen molar-refractivity contribution in [2.45, 2.75) is 38.5 Å². The normalized spacial score (nSPS) is 14.5. The van der Waals surface area contributed by atoms with Gasteiger partial charge >= 0.3 is 0 Å². The predicted octanol–water partition coefficient (Wildman–Crippen LogP) is 3.63. The number of rotatable bonds is 7. The Bertz CT molecular complexity index is 1090. The molecule has 33 heavy (non-hydrogen) atoms. The number of H-pyrrole nitrogens is 1. The second-order valence-electron chi connectivity index (χ2n) is 8.28. The lowest BCUT2D eigenvalue weighted by Gasteiger charge is -2.30. The minimum absolute atomic E-state index is 0.0898. The number of hydrogen-bond donors (Lipinski definition) is 1. The number of methoxy groups -OCH3 is 3. The molecular weight excluding hydrogens is 426 g/mol. The Morgan fingerprint density at radius 3 is 2.27 bits per heavy atom. The molecule has 10 nitrogen and oxygen atoms in total. The topological polar surface area (TPSA) is 116 Å². The van der Waals surface area contributed by atoms with Gasteiger partial charge in [0.1, 0.15) is 5.69 Å². The monoisotopic (exact) mass is 455 g/mol. The molecular formula is C23H29N5O5. The first-order valence-electron chi connectivity index (χ1n) is 10.9. The van der Waals surface area contributed by atoms with Crippen LogP contribution < -0.4 is 14.2 Å². The molecule has 4 rings (SSSR count). The predicted molar refractivity (Wildman–Crippen MR) is 120 cm³/mol. The highest BCUT2D eigenvalue weighted by atomic mass is 16.5. The van der Waals surface area contributed by atoms with Crippen LogP contribution in [0.1, 0.15) is 60.8 Å². The molecule has 1 aliphatic rings. The van der Waals surface area contributed by atoms with Crippen LogP contribution in [0.15, 0.2) is 22.6 Å². The minimum Gasteiger partial charge on any atom is -0.493 e. The largest absolute Gasteiger partial charge is 0.493 e. The van der Waals surface area contributed by atoms with Crippen molar-refractivity contribution in [2.24, 2.45) is 0 Å². The zero-order valence-corrected chi connectivity index (χ0v) is 19.5. The lowest BCUT2D eigenvalue weighted by atomic mass is 9.96. The van der Waals surface area contributed by atoms with E-state index in [0.717, 1.165) is 18.4 Å². The third-order valence-corrected chi connectivity index (χ3v) is 5.85. The molecule has 0 aliphatic carbocycles. The fourth-order valence-corrected chi connectivity index (χ4v) is 3.95. The minimum atomic E-state index is -0.0898. The Labute approximate surface area is 192 Å². The van der Waals surface area contributed by atoms with Gasteiger partial charge in [-0.25, -0.2) is 0 Å². The van der Waals surface area contributed by atoms with Gasteiger partial charge in [-0.2, -0.15) is 5.10 Å². The van der Waals surface area contributed by atoms with Crippen LogP contribution in [0.2, 0.25) is 0 Å². The number of nitrogens with zero attached hydrogens (tertiary/aromatic N) is 4. The fourth-order valence-electron chi connectivity index (χ4n) is 3.95. The van der Waals surface area contributed by atoms with Crippen LogP contribution in [-0.2, 0) is 0 Å². The highest BCUT2D eigenvalue weighted by Crippen LogP contribution is 2.41. The second-order valence-corrected chi connectivity index (χ2v) is 8.28. The van der Waals surface area contributed by atoms with Crippen LogP contribution in [0.4, 0.5) is 0 Å². The van der Waals surface area contributed by atoms with E-state index >= 15 is 0 Å². The van der Waals surface area contributed by atoms with Gasteiger partial charge in [0.25, 0.3) is 5.91 Å². The molecule has 1 aromatic carbocycles. The van der Waals surface area contributed by atoms with E-state index in [1.54, 1.807) is 39.5 Å². The van der Waals surface area contributed by atoms with Crippen LogP contribution in [0.5, 0.6) is 17.2 Å². The number of ether oxygens (including phenoxy) is 3. The summed E-state index contributed by atoms with van der Waals surface area (Å²) in [7, 11) is 4.67. The molecule has 1 fully saturated rings. The summed E-state index contributed by atoms with van der Waals surface area (Å²) in [4.78, 5) is 14.9. The molecule has 1 aliphatic heterocycles. The first-order chi connectivity index (χ1) is 15.9. The number of amides is 1. The summed E-state index contributed by atoms with van der Waals surface area (Å²) in [5.41, 5.74) is 1.78. The summed E-state index contributed by atoms with van der Waals surface area (Å²) < 4.78 is 22.0. The average molecular weight is 456 g/mol. The van der Waals surface area contributed by atoms with Gasteiger partial charge in [-0.3, -0.25) is 9.89 Å². The molecule has 176 valence electrons. The fraction of sp³-hybridized carbons (Fsp3) is 0.478. The van der Waals surface area contributed by atoms with Crippen molar-refractivity contribution in [3.05, 3.63) is 35.7 Å². The third-order valence-electron chi connectivity index (χ3n) is 5.85. The van der Waals surface area contributed by atoms with Crippen molar-refractivity contribution in [3.8, 4) is 28.5 Å². The summed E-state index contributed by atoms with van der Waals surface area (Å²) >= 11 is 0. The van der Waals surface area contributed by atoms with Crippen LogP contribution in [-0.4, -0.2) is 65.6 Å². The maximum atomic E-state index is 13.1. The van der Waals surface area contributed by atoms with E-state index in [-0.39, 0.29) is 17.7 Å². The van der Waals surface area contributed by atoms with Crippen molar-refractivity contribution in [2.75, 3.05) is 34.4 Å². The Morgan fingerprint density at radius 2 is 1.73 bits per heavy atom. The molecule has 0 atom stereocenters. The molecule has 1 N–H and O–H groups in total. The molecule has 0 spiro atoms. The van der Waals surface area contributed by atoms with Gasteiger partial charge in [-0.05, 0) is 31.0 Å². The Kier molecular flexibility index (Phi) is 6.52. The molecule has 10 heteroatoms. The van der Waals surface area contributed by atoms with Gasteiger partial charge in [0, 0.05) is 30.5 Å². The van der Waals surface area contributed by atoms with E-state index < -0.39 is 0 Å². The number of carbonyl (C=O) groups is 1. The number of likely N-dealkylation sites (tertiary alicyclic amines) is 1. The van der Waals surface area contributed by atoms with E-state index in [9.17, 15) is 4.79 Å². The number of aromatic amines is 1. The van der Waals surface area contributed by atoms with Crippen molar-refractivity contribution >= 4 is 5.91 Å². The van der Waals surface area contributed by atoms with Gasteiger partial charge in [0.05, 0.1) is 27.0 Å². The van der Waals surface area contributed by atoms with Gasteiger partial charge in [-0.1, -0.05) is 13.8 Å². The first kappa shape index (κ1) is 22.6. The molecule has 0 radical (unpaired) electrons. The summed E-state index contributed by atoms with van der Waals surface area (Å²) in [6.45, 7) is 5.27. The Morgan fingerprint density at radius 1 is 1.06 bits per heavy atom. The molecule has 0 bridgehead atoms. The summed E-state index contributed by atoms with van der Waals surface area (Å²) in [6.07, 6.45) is 1.55. The Balaban J connectivity index is 1.45. The molecule has 3 aromatic rings. The zero-order valence-electron chi connectivity index (χ0n) is 19.5. The standard InChI is InChI=1S/C23H29N5O5/c1-13(2)21-26-27-22(33-21)14-6-8-28(9-7-14)23(29)17-12-16(24-25-17)15-10-18(30-3)20(32-5)19(11-15)31-4/h10-14H,6-9H2,1-5H3,(H,24,25). The molecule has 0 unspecified atom stereocenters. The van der Waals surface area contributed by atoms with Gasteiger partial charge in [-0.15, -0.1) is 10.2 Å². The maximum Gasteiger partial charge on any atom is 0.271 e. The molecule has 0 saturated carbocycles. The van der Waals surface area contributed by atoms with Crippen molar-refractivity contribution in [1.82, 2.24) is 25.3 Å². The third kappa shape index (κ3) is 4.50. The number of hydrogen-bond acceptors (Lipinski definition) is 8. The van der Waals surface area contributed by atoms with Crippen molar-refractivity contribution in [1.29, 1.82) is 0 Å². The summed E-state index contributed by atoms with van der Waals surface area (Å²) in [5.74, 6) is 3.14. The van der Waals surface area contributed by atoms with Gasteiger partial charge < -0.3 is 23.5 Å². The molecule has 3 heterocycles. The molecule has 1 amide bonds. The van der Waals surface area contributed by atoms with E-state index in [0.29, 0.717) is 53.5 Å². The highest BCUT2D eigenvalue weighted by molar-refractivity contribution is 5.93. The van der Waals surface area contributed by atoms with Crippen LogP contribution in [0.25, 0.3) is 11.3 Å². The van der Waals surface area contributed by atoms with Crippen molar-refractivity contribution in [3.63, 3.8) is 0 Å². The van der Waals surface area contributed by atoms with E-state index in [1.807, 2.05) is 18.7 Å². The molecule has 1 saturated heterocycles. The summed E-state index contributed by atoms with van der Waals surface area (Å²) in [5, 5.41) is 15.5. The SMILES string of the molecule is COc1cc(-c2cc(C(=O)N3CCC(c4nnc(C(C)C)o4)CC3)[nH]n2)cc(OC)c1OC. The van der Waals surface area contributed by atoms with E-state index in [1.165, 1.54) is 0 Å². The number of benzene rings is 1. The van der Waals surface area contributed by atoms with Gasteiger partial charge in [0.15, 0.2) is 11.5 Å². The Hall–Kier alpha value is -3.56. The summed E-state index contributed by atoms with van der Waals surface area (Å²) in [6, 6.07) is 5.34. The van der Waals surface area contributed by atoms with Crippen LogP contribution in [0.3, 0.4) is 0 Å². The first-order valence-corrected chi connectivity index (χ1v) is 10.9. The second kappa shape index (κ2) is 9.51. The highest BCUT2D eigenvalue weighted by Gasteiger charge is 2.29. The number of nitrogens with one attached hydrogen (secondary N) is 1. The number of carbonyl (C=O) groups excluding carboxylic acids is 1. The lowest BCUT2D eigenvalue weighted by Crippen LogP contribution is -2.38. The zero-order chi connectivity index (χ0) is 23.5. The lowest BCUT2D eigenvalue weighted by molar-refractivity contribution is 0.0700. The van der Waals surface area contributed by atoms with Crippen molar-refractivity contribution < 1.29 is 23.4 Å². The smallest absolute Gasteiger partial charge is 0.271 e. The molecule has 2 aromatic heterocycles. The van der Waals surface area contributed by atoms with Crippen LogP contribution in [0, 0.1) is 0 Å². The maximum absolute atomic E-state index is 13.1. The van der Waals surface area contributed by atoms with E-state index in [4.69, 9.17) is 18.6 Å². The average Bonchev–Trinajstić information content (AvgIpc) is 3.53. The van der Waals surface area contributed by atoms with E-state index in [2.05, 4.69) is 20.4 Å². The number of aromatic nitrogens is 4. The van der Waals surface area contributed by atoms with Crippen LogP contribution >= 0.6 is 0 Å². The quantitative estimate of drug-likeness (QED) is 0.574.